The molecule has 2 amide bonds. The Kier molecular flexibility index (Phi) is 7.79. The predicted octanol–water partition coefficient (Wildman–Crippen LogP) is 4.75. The number of anilines is 1. The minimum absolute atomic E-state index is 0.0590. The van der Waals surface area contributed by atoms with Gasteiger partial charge in [0.2, 0.25) is 0 Å². The van der Waals surface area contributed by atoms with Crippen LogP contribution in [0.5, 0.6) is 0 Å². The number of benzene rings is 1. The van der Waals surface area contributed by atoms with Crippen LogP contribution in [0.2, 0.25) is 5.02 Å². The van der Waals surface area contributed by atoms with Gasteiger partial charge in [0.25, 0.3) is 0 Å². The van der Waals surface area contributed by atoms with Crippen molar-refractivity contribution in [1.82, 2.24) is 10.3 Å². The van der Waals surface area contributed by atoms with Crippen LogP contribution in [0.25, 0.3) is 10.4 Å². The zero-order valence-electron chi connectivity index (χ0n) is 16.8. The molecule has 0 aliphatic carbocycles. The maximum atomic E-state index is 12.1. The first-order valence-electron chi connectivity index (χ1n) is 9.10. The van der Waals surface area contributed by atoms with E-state index < -0.39 is 9.84 Å². The number of rotatable bonds is 8. The van der Waals surface area contributed by atoms with Crippen LogP contribution in [-0.2, 0) is 9.84 Å². The fraction of sp³-hybridized carbons (Fsp3) is 0.421. The Bertz CT molecular complexity index is 1020. The highest BCUT2D eigenvalue weighted by Crippen LogP contribution is 2.35. The molecule has 7 nitrogen and oxygen atoms in total. The quantitative estimate of drug-likeness (QED) is 0.497. The Balaban J connectivity index is 2.09. The lowest BCUT2D eigenvalue weighted by Crippen LogP contribution is -2.31. The van der Waals surface area contributed by atoms with E-state index in [1.54, 1.807) is 26.0 Å². The van der Waals surface area contributed by atoms with Crippen LogP contribution in [0.1, 0.15) is 32.4 Å². The van der Waals surface area contributed by atoms with Gasteiger partial charge in [-0.25, -0.2) is 18.2 Å². The van der Waals surface area contributed by atoms with Gasteiger partial charge in [0, 0.05) is 18.5 Å². The summed E-state index contributed by atoms with van der Waals surface area (Å²) < 4.78 is 23.8. The maximum absolute atomic E-state index is 12.1. The first kappa shape index (κ1) is 23.3. The van der Waals surface area contributed by atoms with Crippen molar-refractivity contribution >= 4 is 49.6 Å². The van der Waals surface area contributed by atoms with Crippen LogP contribution in [0.15, 0.2) is 23.1 Å². The van der Waals surface area contributed by atoms with Gasteiger partial charge in [-0.2, -0.15) is 0 Å². The molecule has 2 rings (SSSR count). The third kappa shape index (κ3) is 6.25. The maximum Gasteiger partial charge on any atom is 0.321 e. The van der Waals surface area contributed by atoms with Crippen LogP contribution in [0.3, 0.4) is 0 Å². The van der Waals surface area contributed by atoms with E-state index in [1.165, 1.54) is 17.4 Å². The summed E-state index contributed by atoms with van der Waals surface area (Å²) in [6.45, 7) is 6.06. The third-order valence-corrected chi connectivity index (χ3v) is 7.19. The monoisotopic (exact) mass is 456 g/mol. The van der Waals surface area contributed by atoms with Gasteiger partial charge in [-0.15, -0.1) is 0 Å². The van der Waals surface area contributed by atoms with Crippen LogP contribution < -0.4 is 10.6 Å². The van der Waals surface area contributed by atoms with E-state index in [1.807, 2.05) is 6.92 Å². The lowest BCUT2D eigenvalue weighted by atomic mass is 9.98. The molecule has 0 saturated carbocycles. The third-order valence-electron chi connectivity index (χ3n) is 4.49. The summed E-state index contributed by atoms with van der Waals surface area (Å²) in [5.41, 5.74) is 1.97. The Labute approximate surface area is 180 Å². The van der Waals surface area contributed by atoms with E-state index in [-0.39, 0.29) is 21.9 Å². The molecule has 1 unspecified atom stereocenters. The second-order valence-electron chi connectivity index (χ2n) is 6.81. The highest BCUT2D eigenvalue weighted by atomic mass is 35.5. The highest BCUT2D eigenvalue weighted by molar-refractivity contribution is 7.90. The van der Waals surface area contributed by atoms with Crippen molar-refractivity contribution in [3.63, 3.8) is 0 Å². The van der Waals surface area contributed by atoms with Crippen molar-refractivity contribution < 1.29 is 13.2 Å². The Morgan fingerprint density at radius 2 is 2.07 bits per heavy atom. The fourth-order valence-corrected chi connectivity index (χ4v) is 5.13. The minimum Gasteiger partial charge on any atom is -0.338 e. The van der Waals surface area contributed by atoms with Gasteiger partial charge in [0.05, 0.1) is 20.5 Å². The number of nitrogens with zero attached hydrogens (tertiary/aromatic N) is 1. The van der Waals surface area contributed by atoms with E-state index in [0.29, 0.717) is 35.1 Å². The molecule has 1 atom stereocenters. The molecule has 158 valence electrons. The number of halogens is 1. The first-order valence-corrected chi connectivity index (χ1v) is 12.2. The van der Waals surface area contributed by atoms with Gasteiger partial charge in [-0.05, 0) is 50.3 Å². The molecule has 0 saturated heterocycles. The summed E-state index contributed by atoms with van der Waals surface area (Å²) in [6, 6.07) is 4.43. The second-order valence-corrected chi connectivity index (χ2v) is 10.2. The number of hydrogen-bond acceptors (Lipinski definition) is 6. The summed E-state index contributed by atoms with van der Waals surface area (Å²) in [6.07, 6.45) is 2.68. The van der Waals surface area contributed by atoms with Crippen LogP contribution in [0, 0.1) is 18.3 Å². The molecule has 0 aliphatic heterocycles. The number of aryl methyl sites for hydroxylation is 1. The molecule has 1 aromatic carbocycles. The average molecular weight is 457 g/mol. The zero-order chi connectivity index (χ0) is 21.8. The minimum atomic E-state index is -3.46. The van der Waals surface area contributed by atoms with Gasteiger partial charge >= 0.3 is 6.03 Å². The van der Waals surface area contributed by atoms with E-state index >= 15 is 0 Å². The number of amides is 2. The van der Waals surface area contributed by atoms with Crippen molar-refractivity contribution in [3.05, 3.63) is 28.9 Å². The fourth-order valence-electron chi connectivity index (χ4n) is 2.87. The van der Waals surface area contributed by atoms with Crippen LogP contribution in [0.4, 0.5) is 9.93 Å². The van der Waals surface area contributed by atoms with E-state index in [2.05, 4.69) is 15.6 Å². The Morgan fingerprint density at radius 3 is 2.66 bits per heavy atom. The number of urea groups is 1. The molecule has 1 aromatic heterocycles. The van der Waals surface area contributed by atoms with E-state index in [0.717, 1.165) is 17.6 Å². The molecule has 0 fully saturated rings. The summed E-state index contributed by atoms with van der Waals surface area (Å²) in [4.78, 5) is 17.3. The van der Waals surface area contributed by atoms with Gasteiger partial charge in [0.15, 0.2) is 15.0 Å². The molecule has 0 aliphatic rings. The van der Waals surface area contributed by atoms with Crippen molar-refractivity contribution in [2.45, 2.75) is 38.5 Å². The smallest absolute Gasteiger partial charge is 0.321 e. The number of sulfone groups is 1. The predicted molar refractivity (Wildman–Crippen MR) is 119 cm³/mol. The molecular weight excluding hydrogens is 432 g/mol. The molecular formula is C19H25ClN4O3S2. The number of aromatic nitrogens is 1. The average Bonchev–Trinajstić information content (AvgIpc) is 2.98. The topological polar surface area (TPSA) is 112 Å². The van der Waals surface area contributed by atoms with Crippen molar-refractivity contribution in [1.29, 1.82) is 5.41 Å². The van der Waals surface area contributed by atoms with Gasteiger partial charge < -0.3 is 10.7 Å². The molecule has 0 bridgehead atoms. The normalized spacial score (nSPS) is 12.4. The van der Waals surface area contributed by atoms with Crippen molar-refractivity contribution in [3.8, 4) is 10.4 Å². The molecule has 29 heavy (non-hydrogen) atoms. The summed E-state index contributed by atoms with van der Waals surface area (Å²) in [5, 5.41) is 13.8. The highest BCUT2D eigenvalue weighted by Gasteiger charge is 2.17. The Hall–Kier alpha value is -1.97. The number of carbonyl (C=O) groups excluding carboxylic acids is 1. The van der Waals surface area contributed by atoms with Crippen molar-refractivity contribution in [2.75, 3.05) is 18.1 Å². The van der Waals surface area contributed by atoms with Crippen LogP contribution in [-0.4, -0.2) is 37.9 Å². The number of carbonyl (C=O) groups is 1. The molecule has 10 heteroatoms. The van der Waals surface area contributed by atoms with E-state index in [4.69, 9.17) is 17.0 Å². The number of nitrogens with one attached hydrogen (secondary N) is 3. The molecule has 0 spiro atoms. The van der Waals surface area contributed by atoms with E-state index in [9.17, 15) is 13.2 Å². The standard InChI is InChI=1S/C19H25ClN4O3S2/c1-5-13(11(2)21)8-9-22-18(25)24-19-23-12(3)17(28-19)14-6-7-15(20)16(10-14)29(4,26)27/h6-7,10,13,21H,5,8-9H2,1-4H3,(H2,22,23,24,25). The zero-order valence-corrected chi connectivity index (χ0v) is 19.2. The summed E-state index contributed by atoms with van der Waals surface area (Å²) in [7, 11) is -3.46. The molecule has 3 N–H and O–H groups in total. The van der Waals surface area contributed by atoms with Crippen LogP contribution >= 0.6 is 22.9 Å². The molecule has 0 radical (unpaired) electrons. The lowest BCUT2D eigenvalue weighted by Gasteiger charge is -2.13. The summed E-state index contributed by atoms with van der Waals surface area (Å²) in [5.74, 6) is 0.165. The number of thiazole rings is 1. The first-order chi connectivity index (χ1) is 13.5. The second kappa shape index (κ2) is 9.69. The SMILES string of the molecule is CCC(CCNC(=O)Nc1nc(C)c(-c2ccc(Cl)c(S(C)(=O)=O)c2)s1)C(C)=N. The lowest BCUT2D eigenvalue weighted by molar-refractivity contribution is 0.251. The largest absolute Gasteiger partial charge is 0.338 e. The molecule has 2 aromatic rings. The summed E-state index contributed by atoms with van der Waals surface area (Å²) >= 11 is 7.27. The van der Waals surface area contributed by atoms with Gasteiger partial charge in [0.1, 0.15) is 0 Å². The molecule has 1 heterocycles. The van der Waals surface area contributed by atoms with Crippen molar-refractivity contribution in [2.24, 2.45) is 5.92 Å². The van der Waals surface area contributed by atoms with Gasteiger partial charge in [-0.1, -0.05) is 35.9 Å². The Morgan fingerprint density at radius 1 is 1.38 bits per heavy atom. The van der Waals surface area contributed by atoms with Gasteiger partial charge in [-0.3, -0.25) is 5.32 Å². The number of hydrogen-bond donors (Lipinski definition) is 3.